The number of rotatable bonds is 9. The summed E-state index contributed by atoms with van der Waals surface area (Å²) in [6.45, 7) is 2.64. The van der Waals surface area contributed by atoms with E-state index in [-0.39, 0.29) is 36.6 Å². The van der Waals surface area contributed by atoms with E-state index in [1.807, 2.05) is 37.3 Å². The zero-order valence-corrected chi connectivity index (χ0v) is 20.3. The molecule has 0 spiro atoms. The lowest BCUT2D eigenvalue weighted by atomic mass is 10.1. The molecule has 0 unspecified atom stereocenters. The second kappa shape index (κ2) is 11.1. The molecule has 2 aromatic carbocycles. The maximum atomic E-state index is 12.8. The monoisotopic (exact) mass is 491 g/mol. The van der Waals surface area contributed by atoms with Gasteiger partial charge in [0.15, 0.2) is 11.5 Å². The number of nitrogens with one attached hydrogen (secondary N) is 1. The number of imide groups is 1. The molecule has 1 aromatic heterocycles. The number of fused-ring (bicyclic) bond motifs is 1. The highest BCUT2D eigenvalue weighted by Gasteiger charge is 2.34. The molecule has 0 bridgehead atoms. The second-order valence-corrected chi connectivity index (χ2v) is 8.69. The van der Waals surface area contributed by atoms with Crippen molar-refractivity contribution < 1.29 is 23.9 Å². The Bertz CT molecular complexity index is 1300. The average Bonchev–Trinajstić information content (AvgIpc) is 3.12. The topological polar surface area (TPSA) is 97.8 Å². The van der Waals surface area contributed by atoms with Gasteiger partial charge < -0.3 is 14.8 Å². The molecule has 1 fully saturated rings. The van der Waals surface area contributed by atoms with Crippen molar-refractivity contribution in [3.05, 3.63) is 70.8 Å². The summed E-state index contributed by atoms with van der Waals surface area (Å²) >= 11 is 0.873. The summed E-state index contributed by atoms with van der Waals surface area (Å²) in [5.41, 5.74) is 2.32. The Morgan fingerprint density at radius 3 is 2.77 bits per heavy atom. The quantitative estimate of drug-likeness (QED) is 0.451. The van der Waals surface area contributed by atoms with E-state index in [1.54, 1.807) is 37.6 Å². The van der Waals surface area contributed by atoms with Gasteiger partial charge in [-0.05, 0) is 54.1 Å². The molecule has 2 heterocycles. The summed E-state index contributed by atoms with van der Waals surface area (Å²) in [7, 11) is 1.54. The van der Waals surface area contributed by atoms with Crippen LogP contribution in [0.5, 0.6) is 11.5 Å². The lowest BCUT2D eigenvalue weighted by molar-refractivity contribution is -0.124. The van der Waals surface area contributed by atoms with Crippen molar-refractivity contribution in [2.75, 3.05) is 26.8 Å². The lowest BCUT2D eigenvalue weighted by Gasteiger charge is -2.13. The lowest BCUT2D eigenvalue weighted by Crippen LogP contribution is -2.37. The number of ether oxygens (including phenoxy) is 2. The molecule has 1 aliphatic heterocycles. The number of para-hydroxylation sites is 1. The van der Waals surface area contributed by atoms with Crippen LogP contribution in [0.2, 0.25) is 0 Å². The fourth-order valence-corrected chi connectivity index (χ4v) is 4.61. The highest BCUT2D eigenvalue weighted by atomic mass is 32.2. The number of carbonyl (C=O) groups is 3. The van der Waals surface area contributed by atoms with Gasteiger partial charge in [-0.15, -0.1) is 0 Å². The van der Waals surface area contributed by atoms with Gasteiger partial charge in [0.05, 0.1) is 30.6 Å². The molecule has 4 rings (SSSR count). The molecule has 35 heavy (non-hydrogen) atoms. The van der Waals surface area contributed by atoms with Crippen LogP contribution in [0.1, 0.15) is 18.1 Å². The maximum absolute atomic E-state index is 12.8. The Labute approximate surface area is 207 Å². The van der Waals surface area contributed by atoms with E-state index in [9.17, 15) is 14.4 Å². The molecule has 3 amide bonds. The van der Waals surface area contributed by atoms with E-state index in [0.717, 1.165) is 33.1 Å². The molecule has 0 saturated carbocycles. The van der Waals surface area contributed by atoms with E-state index < -0.39 is 0 Å². The Balaban J connectivity index is 1.35. The third kappa shape index (κ3) is 5.63. The summed E-state index contributed by atoms with van der Waals surface area (Å²) in [5, 5.41) is 3.39. The smallest absolute Gasteiger partial charge is 0.293 e. The third-order valence-electron chi connectivity index (χ3n) is 5.38. The van der Waals surface area contributed by atoms with Gasteiger partial charge in [0.25, 0.3) is 11.1 Å². The van der Waals surface area contributed by atoms with Crippen molar-refractivity contribution in [3.8, 4) is 11.5 Å². The van der Waals surface area contributed by atoms with Crippen molar-refractivity contribution in [1.29, 1.82) is 0 Å². The van der Waals surface area contributed by atoms with Gasteiger partial charge in [-0.25, -0.2) is 0 Å². The van der Waals surface area contributed by atoms with Crippen LogP contribution in [0.4, 0.5) is 4.79 Å². The van der Waals surface area contributed by atoms with Crippen LogP contribution in [0, 0.1) is 0 Å². The molecule has 3 aromatic rings. The maximum Gasteiger partial charge on any atom is 0.293 e. The Kier molecular flexibility index (Phi) is 7.67. The molecule has 0 aliphatic carbocycles. The normalized spacial score (nSPS) is 14.6. The van der Waals surface area contributed by atoms with Gasteiger partial charge in [0.1, 0.15) is 0 Å². The molecule has 1 aliphatic rings. The molecule has 1 N–H and O–H groups in total. The molecule has 9 heteroatoms. The standard InChI is InChI=1S/C26H25N3O5S/c1-3-34-20-10-9-17(14-21(20)33-2)15-22-25(31)29(26(32)35-22)13-12-27-23(30)16-19-7-4-6-18-8-5-11-28-24(18)19/h4-11,14-15H,3,12-13,16H2,1-2H3,(H,27,30)/b22-15+. The van der Waals surface area contributed by atoms with Crippen LogP contribution < -0.4 is 14.8 Å². The van der Waals surface area contributed by atoms with Gasteiger partial charge in [-0.1, -0.05) is 30.3 Å². The fraction of sp³-hybridized carbons (Fsp3) is 0.231. The zero-order valence-electron chi connectivity index (χ0n) is 19.4. The van der Waals surface area contributed by atoms with E-state index >= 15 is 0 Å². The minimum absolute atomic E-state index is 0.0914. The minimum atomic E-state index is -0.389. The van der Waals surface area contributed by atoms with Crippen LogP contribution in [0.15, 0.2) is 59.6 Å². The summed E-state index contributed by atoms with van der Waals surface area (Å²) in [5.74, 6) is 0.562. The van der Waals surface area contributed by atoms with Crippen LogP contribution in [-0.4, -0.2) is 53.7 Å². The first kappa shape index (κ1) is 24.3. The van der Waals surface area contributed by atoms with Crippen molar-refractivity contribution in [3.63, 3.8) is 0 Å². The summed E-state index contributed by atoms with van der Waals surface area (Å²) in [4.78, 5) is 43.5. The number of thioether (sulfide) groups is 1. The van der Waals surface area contributed by atoms with Crippen molar-refractivity contribution in [2.24, 2.45) is 0 Å². The minimum Gasteiger partial charge on any atom is -0.493 e. The van der Waals surface area contributed by atoms with Crippen molar-refractivity contribution in [2.45, 2.75) is 13.3 Å². The summed E-state index contributed by atoms with van der Waals surface area (Å²) in [6.07, 6.45) is 3.51. The van der Waals surface area contributed by atoms with Crippen LogP contribution >= 0.6 is 11.8 Å². The van der Waals surface area contributed by atoms with E-state index in [4.69, 9.17) is 9.47 Å². The first-order valence-corrected chi connectivity index (χ1v) is 12.0. The van der Waals surface area contributed by atoms with Crippen LogP contribution in [0.25, 0.3) is 17.0 Å². The predicted molar refractivity (Wildman–Crippen MR) is 135 cm³/mol. The largest absolute Gasteiger partial charge is 0.493 e. The van der Waals surface area contributed by atoms with Gasteiger partial charge in [-0.3, -0.25) is 24.3 Å². The molecular formula is C26H25N3O5S. The van der Waals surface area contributed by atoms with Crippen molar-refractivity contribution >= 4 is 45.8 Å². The number of hydrogen-bond donors (Lipinski definition) is 1. The molecule has 180 valence electrons. The van der Waals surface area contributed by atoms with Crippen molar-refractivity contribution in [1.82, 2.24) is 15.2 Å². The molecule has 8 nitrogen and oxygen atoms in total. The van der Waals surface area contributed by atoms with Gasteiger partial charge >= 0.3 is 0 Å². The first-order valence-electron chi connectivity index (χ1n) is 11.2. The second-order valence-electron chi connectivity index (χ2n) is 7.70. The Morgan fingerprint density at radius 2 is 1.97 bits per heavy atom. The van der Waals surface area contributed by atoms with Gasteiger partial charge in [0, 0.05) is 24.7 Å². The highest BCUT2D eigenvalue weighted by Crippen LogP contribution is 2.34. The van der Waals surface area contributed by atoms with E-state index in [0.29, 0.717) is 28.6 Å². The summed E-state index contributed by atoms with van der Waals surface area (Å²) in [6, 6.07) is 14.8. The molecule has 1 saturated heterocycles. The number of pyridine rings is 1. The first-order chi connectivity index (χ1) is 17.0. The number of carbonyl (C=O) groups excluding carboxylic acids is 3. The summed E-state index contributed by atoms with van der Waals surface area (Å²) < 4.78 is 10.9. The average molecular weight is 492 g/mol. The number of nitrogens with zero attached hydrogens (tertiary/aromatic N) is 2. The number of amides is 3. The third-order valence-corrected chi connectivity index (χ3v) is 6.29. The molecule has 0 atom stereocenters. The Morgan fingerprint density at radius 1 is 1.14 bits per heavy atom. The van der Waals surface area contributed by atoms with Crippen LogP contribution in [0.3, 0.4) is 0 Å². The zero-order chi connectivity index (χ0) is 24.8. The van der Waals surface area contributed by atoms with Crippen LogP contribution in [-0.2, 0) is 16.0 Å². The SMILES string of the molecule is CCOc1ccc(/C=C2/SC(=O)N(CCNC(=O)Cc3cccc4cccnc34)C2=O)cc1OC. The highest BCUT2D eigenvalue weighted by molar-refractivity contribution is 8.18. The number of methoxy groups -OCH3 is 1. The molecular weight excluding hydrogens is 466 g/mol. The number of aromatic nitrogens is 1. The Hall–Kier alpha value is -3.85. The fourth-order valence-electron chi connectivity index (χ4n) is 3.75. The number of benzene rings is 2. The molecule has 0 radical (unpaired) electrons. The number of hydrogen-bond acceptors (Lipinski definition) is 7. The predicted octanol–water partition coefficient (Wildman–Crippen LogP) is 4.04. The van der Waals surface area contributed by atoms with E-state index in [2.05, 4.69) is 10.3 Å². The van der Waals surface area contributed by atoms with E-state index in [1.165, 1.54) is 0 Å². The van der Waals surface area contributed by atoms with Gasteiger partial charge in [0.2, 0.25) is 5.91 Å². The van der Waals surface area contributed by atoms with Gasteiger partial charge in [-0.2, -0.15) is 0 Å².